The summed E-state index contributed by atoms with van der Waals surface area (Å²) in [5, 5.41) is 6.33. The third kappa shape index (κ3) is 4.62. The fourth-order valence-corrected chi connectivity index (χ4v) is 2.02. The van der Waals surface area contributed by atoms with E-state index < -0.39 is 0 Å². The van der Waals surface area contributed by atoms with Crippen LogP contribution in [-0.4, -0.2) is 38.8 Å². The van der Waals surface area contributed by atoms with Crippen LogP contribution in [0.1, 0.15) is 32.1 Å². The summed E-state index contributed by atoms with van der Waals surface area (Å²) in [7, 11) is 3.62. The zero-order valence-corrected chi connectivity index (χ0v) is 9.71. The Kier molecular flexibility index (Phi) is 5.65. The van der Waals surface area contributed by atoms with E-state index in [1.807, 2.05) is 7.05 Å². The summed E-state index contributed by atoms with van der Waals surface area (Å²) in [5.41, 5.74) is 0. The van der Waals surface area contributed by atoms with Crippen LogP contribution in [0.5, 0.6) is 0 Å². The molecule has 1 rings (SSSR count). The molecule has 0 saturated heterocycles. The molecule has 0 unspecified atom stereocenters. The maximum atomic E-state index is 11.4. The quantitative estimate of drug-likeness (QED) is 0.707. The molecule has 1 aliphatic carbocycles. The largest absolute Gasteiger partial charge is 0.384 e. The Balaban J connectivity index is 2.15. The summed E-state index contributed by atoms with van der Waals surface area (Å²) in [6, 6.07) is 1.01. The maximum absolute atomic E-state index is 11.4. The van der Waals surface area contributed by atoms with E-state index in [9.17, 15) is 4.79 Å². The first-order chi connectivity index (χ1) is 7.26. The molecule has 1 aliphatic rings. The van der Waals surface area contributed by atoms with Gasteiger partial charge in [0, 0.05) is 25.6 Å². The van der Waals surface area contributed by atoms with E-state index in [-0.39, 0.29) is 5.91 Å². The molecule has 2 N–H and O–H groups in total. The number of rotatable bonds is 5. The summed E-state index contributed by atoms with van der Waals surface area (Å²) in [6.07, 6.45) is 4.97. The van der Waals surface area contributed by atoms with Crippen molar-refractivity contribution in [1.29, 1.82) is 0 Å². The summed E-state index contributed by atoms with van der Waals surface area (Å²) in [6.45, 7) is 0.512. The normalized spacial score (nSPS) is 26.3. The minimum Gasteiger partial charge on any atom is -0.384 e. The van der Waals surface area contributed by atoms with Gasteiger partial charge in [0.1, 0.15) is 0 Å². The van der Waals surface area contributed by atoms with Gasteiger partial charge in [-0.2, -0.15) is 0 Å². The van der Waals surface area contributed by atoms with Crippen molar-refractivity contribution in [2.45, 2.75) is 44.2 Å². The zero-order valence-electron chi connectivity index (χ0n) is 9.71. The smallest absolute Gasteiger partial charge is 0.222 e. The van der Waals surface area contributed by atoms with Gasteiger partial charge < -0.3 is 15.4 Å². The Labute approximate surface area is 91.8 Å². The maximum Gasteiger partial charge on any atom is 0.222 e. The molecule has 0 radical (unpaired) electrons. The van der Waals surface area contributed by atoms with Gasteiger partial charge in [-0.15, -0.1) is 0 Å². The van der Waals surface area contributed by atoms with E-state index >= 15 is 0 Å². The van der Waals surface area contributed by atoms with E-state index in [0.29, 0.717) is 25.1 Å². The molecular formula is C11H22N2O2. The fraction of sp³-hybridized carbons (Fsp3) is 0.909. The Morgan fingerprint density at radius 3 is 2.40 bits per heavy atom. The first-order valence-corrected chi connectivity index (χ1v) is 5.71. The first-order valence-electron chi connectivity index (χ1n) is 5.71. The number of methoxy groups -OCH3 is 1. The monoisotopic (exact) mass is 214 g/mol. The molecule has 1 amide bonds. The van der Waals surface area contributed by atoms with Gasteiger partial charge in [0.2, 0.25) is 5.91 Å². The number of hydrogen-bond donors (Lipinski definition) is 2. The predicted octanol–water partition coefficient (Wildman–Crippen LogP) is 0.670. The Bertz CT molecular complexity index is 189. The molecule has 4 nitrogen and oxygen atoms in total. The van der Waals surface area contributed by atoms with Gasteiger partial charge in [-0.25, -0.2) is 0 Å². The summed E-state index contributed by atoms with van der Waals surface area (Å²) < 4.78 is 4.87. The van der Waals surface area contributed by atoms with Crippen molar-refractivity contribution in [2.24, 2.45) is 0 Å². The van der Waals surface area contributed by atoms with E-state index in [1.165, 1.54) is 0 Å². The van der Waals surface area contributed by atoms with Gasteiger partial charge in [-0.3, -0.25) is 4.79 Å². The molecular weight excluding hydrogens is 192 g/mol. The van der Waals surface area contributed by atoms with Crippen LogP contribution >= 0.6 is 0 Å². The molecule has 15 heavy (non-hydrogen) atoms. The topological polar surface area (TPSA) is 50.4 Å². The number of carbonyl (C=O) groups excluding carboxylic acids is 1. The highest BCUT2D eigenvalue weighted by Gasteiger charge is 2.20. The van der Waals surface area contributed by atoms with Gasteiger partial charge in [-0.1, -0.05) is 0 Å². The second-order valence-corrected chi connectivity index (χ2v) is 4.15. The van der Waals surface area contributed by atoms with Crippen LogP contribution in [-0.2, 0) is 9.53 Å². The van der Waals surface area contributed by atoms with Crippen LogP contribution in [0, 0.1) is 0 Å². The van der Waals surface area contributed by atoms with Crippen LogP contribution in [0.4, 0.5) is 0 Å². The molecule has 0 spiro atoms. The lowest BCUT2D eigenvalue weighted by Gasteiger charge is -2.28. The van der Waals surface area contributed by atoms with Crippen molar-refractivity contribution >= 4 is 5.91 Å². The lowest BCUT2D eigenvalue weighted by atomic mass is 9.91. The van der Waals surface area contributed by atoms with E-state index in [0.717, 1.165) is 25.7 Å². The molecule has 0 heterocycles. The molecule has 88 valence electrons. The van der Waals surface area contributed by atoms with E-state index in [2.05, 4.69) is 10.6 Å². The first kappa shape index (κ1) is 12.5. The lowest BCUT2D eigenvalue weighted by Crippen LogP contribution is -2.41. The van der Waals surface area contributed by atoms with Gasteiger partial charge >= 0.3 is 0 Å². The molecule has 1 saturated carbocycles. The highest BCUT2D eigenvalue weighted by molar-refractivity contribution is 5.76. The van der Waals surface area contributed by atoms with Crippen LogP contribution in [0.2, 0.25) is 0 Å². The summed E-state index contributed by atoms with van der Waals surface area (Å²) >= 11 is 0. The molecule has 0 atom stereocenters. The fourth-order valence-electron chi connectivity index (χ4n) is 2.02. The molecule has 0 aromatic rings. The van der Waals surface area contributed by atoms with Crippen LogP contribution < -0.4 is 10.6 Å². The minimum absolute atomic E-state index is 0.116. The predicted molar refractivity (Wildman–Crippen MR) is 59.7 cm³/mol. The third-order valence-electron chi connectivity index (χ3n) is 3.03. The van der Waals surface area contributed by atoms with E-state index in [4.69, 9.17) is 4.74 Å². The third-order valence-corrected chi connectivity index (χ3v) is 3.03. The number of hydrogen-bond acceptors (Lipinski definition) is 3. The van der Waals surface area contributed by atoms with Crippen LogP contribution in [0.3, 0.4) is 0 Å². The lowest BCUT2D eigenvalue weighted by molar-refractivity contribution is -0.122. The van der Waals surface area contributed by atoms with Crippen LogP contribution in [0.15, 0.2) is 0 Å². The second-order valence-electron chi connectivity index (χ2n) is 4.15. The average Bonchev–Trinajstić information content (AvgIpc) is 2.27. The van der Waals surface area contributed by atoms with Crippen molar-refractivity contribution in [2.75, 3.05) is 20.8 Å². The Morgan fingerprint density at radius 2 is 1.87 bits per heavy atom. The molecule has 0 aliphatic heterocycles. The van der Waals surface area contributed by atoms with Gasteiger partial charge in [0.05, 0.1) is 6.61 Å². The van der Waals surface area contributed by atoms with E-state index in [1.54, 1.807) is 7.11 Å². The highest BCUT2D eigenvalue weighted by Crippen LogP contribution is 2.18. The standard InChI is InChI=1S/C11H22N2O2/c1-12-9-3-5-10(6-4-9)13-11(14)7-8-15-2/h9-10,12H,3-8H2,1-2H3,(H,13,14). The molecule has 1 fully saturated rings. The molecule has 4 heteroatoms. The molecule has 0 bridgehead atoms. The van der Waals surface area contributed by atoms with Gasteiger partial charge in [-0.05, 0) is 32.7 Å². The number of nitrogens with one attached hydrogen (secondary N) is 2. The number of ether oxygens (including phenoxy) is 1. The van der Waals surface area contributed by atoms with Crippen molar-refractivity contribution in [1.82, 2.24) is 10.6 Å². The van der Waals surface area contributed by atoms with Gasteiger partial charge in [0.25, 0.3) is 0 Å². The van der Waals surface area contributed by atoms with Crippen molar-refractivity contribution in [3.8, 4) is 0 Å². The van der Waals surface area contributed by atoms with Crippen LogP contribution in [0.25, 0.3) is 0 Å². The Morgan fingerprint density at radius 1 is 1.27 bits per heavy atom. The molecule has 0 aromatic heterocycles. The number of carbonyl (C=O) groups is 1. The second kappa shape index (κ2) is 6.80. The highest BCUT2D eigenvalue weighted by atomic mass is 16.5. The summed E-state index contributed by atoms with van der Waals surface area (Å²) in [5.74, 6) is 0.116. The van der Waals surface area contributed by atoms with Crippen molar-refractivity contribution in [3.63, 3.8) is 0 Å². The zero-order chi connectivity index (χ0) is 11.1. The minimum atomic E-state index is 0.116. The molecule has 0 aromatic carbocycles. The summed E-state index contributed by atoms with van der Waals surface area (Å²) in [4.78, 5) is 11.4. The average molecular weight is 214 g/mol. The Hall–Kier alpha value is -0.610. The SMILES string of the molecule is CNC1CCC(NC(=O)CCOC)CC1. The number of amides is 1. The van der Waals surface area contributed by atoms with Crippen molar-refractivity contribution < 1.29 is 9.53 Å². The van der Waals surface area contributed by atoms with Gasteiger partial charge in [0.15, 0.2) is 0 Å². The van der Waals surface area contributed by atoms with Crippen molar-refractivity contribution in [3.05, 3.63) is 0 Å².